The summed E-state index contributed by atoms with van der Waals surface area (Å²) in [6.45, 7) is 6.65. The van der Waals surface area contributed by atoms with Crippen molar-refractivity contribution in [2.45, 2.75) is 77.2 Å². The van der Waals surface area contributed by atoms with Crippen LogP contribution in [-0.4, -0.2) is 96.8 Å². The number of hydrogen-bond donors (Lipinski definition) is 3. The molecule has 87 heavy (non-hydrogen) atoms. The Morgan fingerprint density at radius 3 is 1.95 bits per heavy atom. The predicted molar refractivity (Wildman–Crippen MR) is 325 cm³/mol. The molecule has 444 valence electrons. The van der Waals surface area contributed by atoms with Gasteiger partial charge in [-0.25, -0.2) is 18.7 Å². The number of pyridine rings is 2. The standard InChI is InChI=1S/C65H56F5N9O6S2/c1-34-8-5-10-47(66)56(34)74-61(81)53-29-39-20-23-78(52-30-41(65(68,69)70)14-16-46(52)59(39)87-53)64(84)50-18-17-44(60(73-50)79-32-43(80)25-36(79)3)40-24-35(2)57(48(67)27-40)75-62(82)54-28-38-19-22-77(51-26-37(31-71)13-15-45(51)58(38)86-54)63(83)49-11-6-12-55(72-49)76-21-7-9-42(76)33-85-4/h5-6,8,10-18,24,26-30,36,42-43,80H,7,9,19-23,25,32-33H2,1-4H3,(H,74,81)(H,75,82)/t36-,42+,43-/m0/s1. The van der Waals surface area contributed by atoms with Crippen LogP contribution < -0.4 is 30.2 Å². The fourth-order valence-electron chi connectivity index (χ4n) is 12.2. The summed E-state index contributed by atoms with van der Waals surface area (Å²) in [4.78, 5) is 75.4. The number of thiophene rings is 2. The average Bonchev–Trinajstić information content (AvgIpc) is 2.93. The lowest BCUT2D eigenvalue weighted by atomic mass is 10.0. The summed E-state index contributed by atoms with van der Waals surface area (Å²) in [5.74, 6) is -2.80. The number of aliphatic hydroxyl groups excluding tert-OH is 1. The zero-order valence-corrected chi connectivity index (χ0v) is 49.2. The van der Waals surface area contributed by atoms with Crippen molar-refractivity contribution in [1.82, 2.24) is 9.97 Å². The van der Waals surface area contributed by atoms with E-state index in [1.54, 1.807) is 85.4 Å². The first-order chi connectivity index (χ1) is 41.8. The lowest BCUT2D eigenvalue weighted by Gasteiger charge is -2.27. The number of β-amino-alcohol motifs (C(OH)–C–C–N with tert-alkyl or cyclic N) is 1. The highest BCUT2D eigenvalue weighted by Gasteiger charge is 2.38. The summed E-state index contributed by atoms with van der Waals surface area (Å²) >= 11 is 2.19. The molecular weight excluding hydrogens is 1160 g/mol. The molecule has 4 aromatic carbocycles. The molecule has 0 spiro atoms. The molecule has 4 amide bonds. The molecule has 4 aliphatic rings. The molecule has 2 saturated heterocycles. The Morgan fingerprint density at radius 2 is 1.34 bits per heavy atom. The number of anilines is 6. The summed E-state index contributed by atoms with van der Waals surface area (Å²) in [6, 6.07) is 29.1. The van der Waals surface area contributed by atoms with E-state index in [4.69, 9.17) is 14.7 Å². The van der Waals surface area contributed by atoms with Gasteiger partial charge in [0.2, 0.25) is 0 Å². The smallest absolute Gasteiger partial charge is 0.391 e. The maximum Gasteiger partial charge on any atom is 0.416 e. The third kappa shape index (κ3) is 11.2. The molecule has 8 heterocycles. The second kappa shape index (κ2) is 23.4. The number of alkyl halides is 3. The molecule has 2 fully saturated rings. The number of ether oxygens (including phenoxy) is 1. The first-order valence-corrected chi connectivity index (χ1v) is 29.9. The number of para-hydroxylation sites is 1. The van der Waals surface area contributed by atoms with Gasteiger partial charge in [-0.15, -0.1) is 22.7 Å². The Hall–Kier alpha value is -8.88. The number of rotatable bonds is 11. The number of halogens is 5. The van der Waals surface area contributed by atoms with E-state index in [-0.39, 0.29) is 93.6 Å². The number of carbonyl (C=O) groups is 4. The number of carbonyl (C=O) groups excluding carboxylic acids is 4. The van der Waals surface area contributed by atoms with Gasteiger partial charge >= 0.3 is 6.18 Å². The van der Waals surface area contributed by atoms with Gasteiger partial charge < -0.3 is 40.1 Å². The van der Waals surface area contributed by atoms with Crippen molar-refractivity contribution in [3.8, 4) is 38.1 Å². The molecule has 0 aliphatic carbocycles. The van der Waals surface area contributed by atoms with Gasteiger partial charge in [-0.3, -0.25) is 19.2 Å². The summed E-state index contributed by atoms with van der Waals surface area (Å²) in [6.07, 6.45) is -2.84. The van der Waals surface area contributed by atoms with Crippen LogP contribution in [0.1, 0.15) is 99.9 Å². The number of fused-ring (bicyclic) bond motifs is 6. The van der Waals surface area contributed by atoms with E-state index in [2.05, 4.69) is 21.6 Å². The number of nitrogens with zero attached hydrogens (tertiary/aromatic N) is 7. The Balaban J connectivity index is 0.822. The molecular formula is C65H56F5N9O6S2. The molecule has 4 aliphatic heterocycles. The Bertz CT molecular complexity index is 4120. The van der Waals surface area contributed by atoms with Crippen LogP contribution in [0, 0.1) is 36.8 Å². The fraction of sp³-hybridized carbons (Fsp3) is 0.277. The van der Waals surface area contributed by atoms with Crippen molar-refractivity contribution >= 4 is 80.7 Å². The van der Waals surface area contributed by atoms with E-state index < -0.39 is 47.2 Å². The third-order valence-corrected chi connectivity index (χ3v) is 18.9. The SMILES string of the molecule is COC[C@H]1CCCN1c1cccc(C(=O)N2CCc3cc(C(=O)Nc4c(C)cc(-c5ccc(C(=O)N6CCc7cc(C(=O)Nc8c(C)cccc8F)sc7-c7ccc(C(F)(F)F)cc76)nc5N5C[C@@H](O)C[C@@H]5C)cc4F)sc3-c3ccc(C#N)cc32)n1. The van der Waals surface area contributed by atoms with E-state index >= 15 is 4.39 Å². The van der Waals surface area contributed by atoms with Crippen molar-refractivity contribution in [2.75, 3.05) is 70.1 Å². The summed E-state index contributed by atoms with van der Waals surface area (Å²) in [5, 5.41) is 26.3. The Kier molecular flexibility index (Phi) is 15.7. The van der Waals surface area contributed by atoms with E-state index in [1.807, 2.05) is 19.1 Å². The Morgan fingerprint density at radius 1 is 0.724 bits per heavy atom. The average molecular weight is 1220 g/mol. The number of aromatic nitrogens is 2. The number of aryl methyl sites for hydroxylation is 2. The van der Waals surface area contributed by atoms with Crippen LogP contribution in [0.15, 0.2) is 109 Å². The van der Waals surface area contributed by atoms with Crippen molar-refractivity contribution < 1.29 is 51.0 Å². The van der Waals surface area contributed by atoms with E-state index in [1.165, 1.54) is 46.6 Å². The molecule has 12 rings (SSSR count). The summed E-state index contributed by atoms with van der Waals surface area (Å²) in [5.41, 5.74) is 3.56. The first-order valence-electron chi connectivity index (χ1n) is 28.3. The van der Waals surface area contributed by atoms with Crippen molar-refractivity contribution in [1.29, 1.82) is 5.26 Å². The van der Waals surface area contributed by atoms with Crippen molar-refractivity contribution in [3.05, 3.63) is 175 Å². The number of hydrogen-bond acceptors (Lipinski definition) is 13. The maximum absolute atomic E-state index is 16.8. The molecule has 3 N–H and O–H groups in total. The minimum Gasteiger partial charge on any atom is -0.391 e. The molecule has 0 bridgehead atoms. The minimum atomic E-state index is -4.79. The van der Waals surface area contributed by atoms with Crippen LogP contribution in [0.3, 0.4) is 0 Å². The monoisotopic (exact) mass is 1220 g/mol. The van der Waals surface area contributed by atoms with Gasteiger partial charge in [0.25, 0.3) is 23.6 Å². The Labute approximate surface area is 505 Å². The van der Waals surface area contributed by atoms with Crippen LogP contribution in [0.5, 0.6) is 0 Å². The van der Waals surface area contributed by atoms with Crippen LogP contribution in [-0.2, 0) is 23.8 Å². The van der Waals surface area contributed by atoms with Crippen LogP contribution in [0.25, 0.3) is 32.0 Å². The molecule has 15 nitrogen and oxygen atoms in total. The molecule has 8 aromatic rings. The third-order valence-electron chi connectivity index (χ3n) is 16.5. The van der Waals surface area contributed by atoms with E-state index in [9.17, 15) is 47.1 Å². The van der Waals surface area contributed by atoms with Gasteiger partial charge in [0.05, 0.1) is 68.5 Å². The quantitative estimate of drug-likeness (QED) is 0.105. The van der Waals surface area contributed by atoms with Gasteiger partial charge in [-0.2, -0.15) is 18.4 Å². The van der Waals surface area contributed by atoms with Gasteiger partial charge in [-0.1, -0.05) is 30.3 Å². The second-order valence-electron chi connectivity index (χ2n) is 22.2. The summed E-state index contributed by atoms with van der Waals surface area (Å²) in [7, 11) is 1.66. The fourth-order valence-corrected chi connectivity index (χ4v) is 14.4. The molecule has 4 aromatic heterocycles. The second-order valence-corrected chi connectivity index (χ2v) is 24.3. The zero-order valence-electron chi connectivity index (χ0n) is 47.5. The summed E-state index contributed by atoms with van der Waals surface area (Å²) < 4.78 is 80.4. The molecule has 0 saturated carbocycles. The number of aliphatic hydroxyl groups is 1. The van der Waals surface area contributed by atoms with Gasteiger partial charge in [0.15, 0.2) is 0 Å². The normalized spacial score (nSPS) is 17.2. The van der Waals surface area contributed by atoms with E-state index in [0.717, 1.165) is 48.4 Å². The number of nitriles is 1. The number of nitrogens with one attached hydrogen (secondary N) is 2. The van der Waals surface area contributed by atoms with Crippen LogP contribution >= 0.6 is 22.7 Å². The highest BCUT2D eigenvalue weighted by atomic mass is 32.1. The van der Waals surface area contributed by atoms with Gasteiger partial charge in [0, 0.05) is 65.8 Å². The molecule has 0 radical (unpaired) electrons. The van der Waals surface area contributed by atoms with Crippen LogP contribution in [0.4, 0.5) is 56.3 Å². The zero-order chi connectivity index (χ0) is 61.2. The van der Waals surface area contributed by atoms with Gasteiger partial charge in [0.1, 0.15) is 34.7 Å². The molecule has 22 heteroatoms. The highest BCUT2D eigenvalue weighted by Crippen LogP contribution is 2.47. The van der Waals surface area contributed by atoms with Crippen LogP contribution in [0.2, 0.25) is 0 Å². The topological polar surface area (TPSA) is 184 Å². The maximum atomic E-state index is 16.8. The number of methoxy groups -OCH3 is 1. The van der Waals surface area contributed by atoms with Crippen molar-refractivity contribution in [3.63, 3.8) is 0 Å². The predicted octanol–water partition coefficient (Wildman–Crippen LogP) is 12.9. The molecule has 0 unspecified atom stereocenters. The van der Waals surface area contributed by atoms with Gasteiger partial charge in [-0.05, 0) is 160 Å². The number of amides is 4. The lowest BCUT2D eigenvalue weighted by molar-refractivity contribution is -0.137. The highest BCUT2D eigenvalue weighted by molar-refractivity contribution is 7.18. The minimum absolute atomic E-state index is 0.000810. The molecule has 3 atom stereocenters. The lowest BCUT2D eigenvalue weighted by Crippen LogP contribution is -2.35. The van der Waals surface area contributed by atoms with Crippen molar-refractivity contribution in [2.24, 2.45) is 0 Å². The first kappa shape index (κ1) is 58.5. The number of benzene rings is 4. The van der Waals surface area contributed by atoms with E-state index in [0.29, 0.717) is 79.7 Å². The largest absolute Gasteiger partial charge is 0.416 e.